The zero-order valence-electron chi connectivity index (χ0n) is 17.8. The molecule has 0 saturated carbocycles. The number of para-hydroxylation sites is 1. The molecule has 2 atom stereocenters. The van der Waals surface area contributed by atoms with Gasteiger partial charge in [0.25, 0.3) is 0 Å². The van der Waals surface area contributed by atoms with Crippen LogP contribution in [-0.2, 0) is 4.79 Å². The number of hydrazine groups is 1. The van der Waals surface area contributed by atoms with Crippen LogP contribution in [0.15, 0.2) is 48.5 Å². The lowest BCUT2D eigenvalue weighted by molar-refractivity contribution is -0.122. The zero-order valence-corrected chi connectivity index (χ0v) is 17.8. The Morgan fingerprint density at radius 2 is 1.84 bits per heavy atom. The van der Waals surface area contributed by atoms with Crippen LogP contribution in [0.5, 0.6) is 5.75 Å². The quantitative estimate of drug-likeness (QED) is 0.625. The number of carbonyl (C=O) groups excluding carboxylic acids is 1. The second-order valence-corrected chi connectivity index (χ2v) is 7.97. The van der Waals surface area contributed by atoms with Crippen LogP contribution >= 0.6 is 0 Å². The summed E-state index contributed by atoms with van der Waals surface area (Å²) in [6.07, 6.45) is 0.694. The largest absolute Gasteiger partial charge is 0.497 e. The molecule has 2 aromatic rings. The Bertz CT molecular complexity index is 871. The van der Waals surface area contributed by atoms with Gasteiger partial charge < -0.3 is 15.0 Å². The Kier molecular flexibility index (Phi) is 7.01. The van der Waals surface area contributed by atoms with Gasteiger partial charge in [-0.2, -0.15) is 0 Å². The fourth-order valence-electron chi connectivity index (χ4n) is 4.16. The number of hydrogen-bond donors (Lipinski definition) is 3. The van der Waals surface area contributed by atoms with Crippen molar-refractivity contribution in [3.8, 4) is 5.75 Å². The van der Waals surface area contributed by atoms with Crippen molar-refractivity contribution in [1.29, 1.82) is 0 Å². The number of nitrogens with one attached hydrogen (secondary N) is 3. The average molecular weight is 428 g/mol. The number of benzene rings is 2. The number of amides is 1. The Hall–Kier alpha value is -2.68. The minimum atomic E-state index is -0.259. The van der Waals surface area contributed by atoms with Gasteiger partial charge in [-0.05, 0) is 36.2 Å². The molecule has 2 heterocycles. The van der Waals surface area contributed by atoms with Crippen molar-refractivity contribution >= 4 is 11.6 Å². The molecule has 2 aromatic carbocycles. The number of carbonyl (C=O) groups is 1. The highest BCUT2D eigenvalue weighted by Gasteiger charge is 2.30. The molecule has 2 aliphatic heterocycles. The van der Waals surface area contributed by atoms with E-state index in [-0.39, 0.29) is 23.8 Å². The van der Waals surface area contributed by atoms with Crippen molar-refractivity contribution in [3.63, 3.8) is 0 Å². The fourth-order valence-corrected chi connectivity index (χ4v) is 4.16. The smallest absolute Gasteiger partial charge is 0.238 e. The number of halogens is 1. The Morgan fingerprint density at radius 3 is 2.55 bits per heavy atom. The van der Waals surface area contributed by atoms with Gasteiger partial charge in [-0.3, -0.25) is 9.69 Å². The molecule has 0 spiro atoms. The summed E-state index contributed by atoms with van der Waals surface area (Å²) in [6, 6.07) is 14.6. The first kappa shape index (κ1) is 21.5. The Labute approximate surface area is 182 Å². The van der Waals surface area contributed by atoms with Gasteiger partial charge in [0.15, 0.2) is 0 Å². The molecule has 7 nitrogen and oxygen atoms in total. The molecule has 2 unspecified atom stereocenters. The highest BCUT2D eigenvalue weighted by atomic mass is 19.1. The molecule has 0 radical (unpaired) electrons. The van der Waals surface area contributed by atoms with Gasteiger partial charge in [0.2, 0.25) is 5.91 Å². The third kappa shape index (κ3) is 5.33. The lowest BCUT2D eigenvalue weighted by Gasteiger charge is -2.36. The number of piperazine rings is 1. The van der Waals surface area contributed by atoms with Crippen molar-refractivity contribution < 1.29 is 13.9 Å². The van der Waals surface area contributed by atoms with Gasteiger partial charge in [-0.25, -0.2) is 15.2 Å². The summed E-state index contributed by atoms with van der Waals surface area (Å²) in [7, 11) is 1.65. The van der Waals surface area contributed by atoms with E-state index in [4.69, 9.17) is 4.74 Å². The third-order valence-electron chi connectivity index (χ3n) is 6.03. The van der Waals surface area contributed by atoms with Crippen molar-refractivity contribution in [2.24, 2.45) is 0 Å². The summed E-state index contributed by atoms with van der Waals surface area (Å²) in [4.78, 5) is 16.9. The number of hydrogen-bond acceptors (Lipinski definition) is 6. The number of nitrogens with zero attached hydrogens (tertiary/aromatic N) is 2. The maximum Gasteiger partial charge on any atom is 0.238 e. The van der Waals surface area contributed by atoms with Crippen LogP contribution in [0.2, 0.25) is 0 Å². The maximum atomic E-state index is 14.0. The molecule has 31 heavy (non-hydrogen) atoms. The van der Waals surface area contributed by atoms with Gasteiger partial charge >= 0.3 is 0 Å². The van der Waals surface area contributed by atoms with Crippen molar-refractivity contribution in [1.82, 2.24) is 21.1 Å². The van der Waals surface area contributed by atoms with Gasteiger partial charge in [-0.15, -0.1) is 0 Å². The third-order valence-corrected chi connectivity index (χ3v) is 6.03. The Morgan fingerprint density at radius 1 is 1.10 bits per heavy atom. The minimum Gasteiger partial charge on any atom is -0.497 e. The summed E-state index contributed by atoms with van der Waals surface area (Å²) in [5.41, 5.74) is 8.10. The summed E-state index contributed by atoms with van der Waals surface area (Å²) >= 11 is 0. The van der Waals surface area contributed by atoms with Crippen LogP contribution in [0.4, 0.5) is 10.1 Å². The van der Waals surface area contributed by atoms with E-state index in [1.165, 1.54) is 6.07 Å². The van der Waals surface area contributed by atoms with Gasteiger partial charge in [0.05, 0.1) is 12.8 Å². The molecule has 2 saturated heterocycles. The second-order valence-electron chi connectivity index (χ2n) is 7.97. The van der Waals surface area contributed by atoms with Crippen molar-refractivity contribution in [2.75, 3.05) is 51.3 Å². The fraction of sp³-hybridized carbons (Fsp3) is 0.435. The van der Waals surface area contributed by atoms with Crippen molar-refractivity contribution in [2.45, 2.75) is 18.5 Å². The highest BCUT2D eigenvalue weighted by Crippen LogP contribution is 2.24. The molecule has 0 bridgehead atoms. The Balaban J connectivity index is 1.17. The van der Waals surface area contributed by atoms with Crippen LogP contribution < -0.4 is 25.8 Å². The molecule has 0 aliphatic carbocycles. The number of ether oxygens (including phenoxy) is 1. The number of anilines is 1. The lowest BCUT2D eigenvalue weighted by Crippen LogP contribution is -2.50. The number of rotatable bonds is 7. The van der Waals surface area contributed by atoms with E-state index in [0.717, 1.165) is 44.0 Å². The first-order valence-electron chi connectivity index (χ1n) is 10.8. The highest BCUT2D eigenvalue weighted by molar-refractivity contribution is 5.82. The van der Waals surface area contributed by atoms with Gasteiger partial charge in [0, 0.05) is 45.3 Å². The monoisotopic (exact) mass is 427 g/mol. The molecule has 3 N–H and O–H groups in total. The number of methoxy groups -OCH3 is 1. The van der Waals surface area contributed by atoms with E-state index in [9.17, 15) is 9.18 Å². The van der Waals surface area contributed by atoms with E-state index in [1.807, 2.05) is 36.4 Å². The van der Waals surface area contributed by atoms with E-state index in [2.05, 4.69) is 26.0 Å². The van der Waals surface area contributed by atoms with E-state index >= 15 is 0 Å². The molecule has 4 rings (SSSR count). The molecule has 1 amide bonds. The molecule has 8 heteroatoms. The van der Waals surface area contributed by atoms with Crippen LogP contribution in [-0.4, -0.2) is 63.2 Å². The van der Waals surface area contributed by atoms with Crippen LogP contribution in [0.1, 0.15) is 18.0 Å². The molecular formula is C23H30FN5O2. The van der Waals surface area contributed by atoms with Gasteiger partial charge in [-0.1, -0.05) is 24.3 Å². The van der Waals surface area contributed by atoms with E-state index in [0.29, 0.717) is 18.7 Å². The molecule has 2 aliphatic rings. The predicted molar refractivity (Wildman–Crippen MR) is 118 cm³/mol. The first-order valence-corrected chi connectivity index (χ1v) is 10.8. The maximum absolute atomic E-state index is 14.0. The summed E-state index contributed by atoms with van der Waals surface area (Å²) < 4.78 is 19.2. The van der Waals surface area contributed by atoms with Gasteiger partial charge in [0.1, 0.15) is 17.6 Å². The standard InChI is InChI=1S/C23H30FN5O2/c1-31-18-8-6-17(7-9-18)20-16-21(27-26-20)23(30)25-10-11-28-12-14-29(15-13-28)22-5-3-2-4-19(22)24/h2-9,20-21,26-27H,10-16H2,1H3,(H,25,30). The predicted octanol–water partition coefficient (Wildman–Crippen LogP) is 1.68. The topological polar surface area (TPSA) is 68.9 Å². The average Bonchev–Trinajstić information content (AvgIpc) is 3.30. The van der Waals surface area contributed by atoms with Crippen LogP contribution in [0.25, 0.3) is 0 Å². The molecule has 166 valence electrons. The SMILES string of the molecule is COc1ccc(C2CC(C(=O)NCCN3CCN(c4ccccc4F)CC3)NN2)cc1. The minimum absolute atomic E-state index is 0.00787. The van der Waals surface area contributed by atoms with Crippen LogP contribution in [0, 0.1) is 5.82 Å². The summed E-state index contributed by atoms with van der Waals surface area (Å²) in [5.74, 6) is 0.654. The zero-order chi connectivity index (χ0) is 21.6. The molecule has 2 fully saturated rings. The van der Waals surface area contributed by atoms with E-state index in [1.54, 1.807) is 13.2 Å². The second kappa shape index (κ2) is 10.1. The molecular weight excluding hydrogens is 397 g/mol. The molecule has 0 aromatic heterocycles. The van der Waals surface area contributed by atoms with E-state index < -0.39 is 0 Å². The lowest BCUT2D eigenvalue weighted by atomic mass is 10.0. The summed E-state index contributed by atoms with van der Waals surface area (Å²) in [6.45, 7) is 4.67. The van der Waals surface area contributed by atoms with Crippen molar-refractivity contribution in [3.05, 3.63) is 59.9 Å². The first-order chi connectivity index (χ1) is 15.1. The normalized spacial score (nSPS) is 21.8. The summed E-state index contributed by atoms with van der Waals surface area (Å²) in [5, 5.41) is 3.04. The van der Waals surface area contributed by atoms with Crippen LogP contribution in [0.3, 0.4) is 0 Å².